The van der Waals surface area contributed by atoms with Crippen LogP contribution in [-0.4, -0.2) is 12.6 Å². The summed E-state index contributed by atoms with van der Waals surface area (Å²) in [6.45, 7) is 9.60. The van der Waals surface area contributed by atoms with Gasteiger partial charge < -0.3 is 5.32 Å². The summed E-state index contributed by atoms with van der Waals surface area (Å²) in [6.07, 6.45) is 0. The fourth-order valence-corrected chi connectivity index (χ4v) is 1.78. The van der Waals surface area contributed by atoms with Crippen LogP contribution in [0.25, 0.3) is 0 Å². The smallest absolute Gasteiger partial charge is 0.0595 e. The van der Waals surface area contributed by atoms with Gasteiger partial charge in [0, 0.05) is 18.0 Å². The van der Waals surface area contributed by atoms with Crippen molar-refractivity contribution in [1.82, 2.24) is 5.32 Å². The quantitative estimate of drug-likeness (QED) is 0.852. The van der Waals surface area contributed by atoms with Gasteiger partial charge in [0.2, 0.25) is 0 Å². The summed E-state index contributed by atoms with van der Waals surface area (Å²) in [5.41, 5.74) is 1.26. The van der Waals surface area contributed by atoms with Crippen LogP contribution in [0.2, 0.25) is 10.0 Å². The van der Waals surface area contributed by atoms with E-state index in [0.29, 0.717) is 16.1 Å². The molecular weight excluding hydrogens is 241 g/mol. The van der Waals surface area contributed by atoms with E-state index >= 15 is 0 Å². The first-order chi connectivity index (χ1) is 7.33. The van der Waals surface area contributed by atoms with Crippen LogP contribution in [0.1, 0.15) is 33.3 Å². The standard InChI is InChI=1S/C13H19Cl2N/c1-9(2)16-8-13(3,4)10-5-6-11(14)12(15)7-10/h5-7,9,16H,8H2,1-4H3. The largest absolute Gasteiger partial charge is 0.314 e. The predicted molar refractivity (Wildman–Crippen MR) is 72.6 cm³/mol. The van der Waals surface area contributed by atoms with Crippen molar-refractivity contribution in [2.75, 3.05) is 6.54 Å². The maximum Gasteiger partial charge on any atom is 0.0595 e. The van der Waals surface area contributed by atoms with Crippen LogP contribution in [0.15, 0.2) is 18.2 Å². The van der Waals surface area contributed by atoms with Gasteiger partial charge in [-0.2, -0.15) is 0 Å². The third-order valence-corrected chi connectivity index (χ3v) is 3.39. The second-order valence-electron chi connectivity index (χ2n) is 5.05. The van der Waals surface area contributed by atoms with Crippen LogP contribution < -0.4 is 5.32 Å². The molecule has 0 amide bonds. The lowest BCUT2D eigenvalue weighted by Crippen LogP contribution is -2.36. The normalized spacial score (nSPS) is 12.2. The van der Waals surface area contributed by atoms with E-state index in [0.717, 1.165) is 6.54 Å². The van der Waals surface area contributed by atoms with Crippen LogP contribution in [-0.2, 0) is 5.41 Å². The molecule has 0 aliphatic rings. The SMILES string of the molecule is CC(C)NCC(C)(C)c1ccc(Cl)c(Cl)c1. The van der Waals surface area contributed by atoms with Gasteiger partial charge >= 0.3 is 0 Å². The van der Waals surface area contributed by atoms with Gasteiger partial charge in [-0.1, -0.05) is 57.0 Å². The first kappa shape index (κ1) is 13.8. The monoisotopic (exact) mass is 259 g/mol. The minimum Gasteiger partial charge on any atom is -0.314 e. The molecular formula is C13H19Cl2N. The number of hydrogen-bond acceptors (Lipinski definition) is 1. The summed E-state index contributed by atoms with van der Waals surface area (Å²) in [7, 11) is 0. The number of halogens is 2. The van der Waals surface area contributed by atoms with Gasteiger partial charge in [-0.3, -0.25) is 0 Å². The van der Waals surface area contributed by atoms with E-state index in [1.807, 2.05) is 18.2 Å². The molecule has 0 bridgehead atoms. The molecule has 0 atom stereocenters. The Morgan fingerprint density at radius 3 is 2.31 bits per heavy atom. The van der Waals surface area contributed by atoms with E-state index in [2.05, 4.69) is 33.0 Å². The zero-order valence-corrected chi connectivity index (χ0v) is 11.8. The molecule has 0 saturated heterocycles. The highest BCUT2D eigenvalue weighted by molar-refractivity contribution is 6.42. The third-order valence-electron chi connectivity index (χ3n) is 2.65. The molecule has 1 rings (SSSR count). The molecule has 0 fully saturated rings. The molecule has 1 aromatic rings. The minimum absolute atomic E-state index is 0.0541. The van der Waals surface area contributed by atoms with E-state index in [-0.39, 0.29) is 5.41 Å². The third kappa shape index (κ3) is 3.65. The molecule has 16 heavy (non-hydrogen) atoms. The van der Waals surface area contributed by atoms with Gasteiger partial charge in [-0.05, 0) is 17.7 Å². The van der Waals surface area contributed by atoms with Gasteiger partial charge in [0.05, 0.1) is 10.0 Å². The summed E-state index contributed by atoms with van der Waals surface area (Å²) in [5.74, 6) is 0. The molecule has 0 spiro atoms. The lowest BCUT2D eigenvalue weighted by molar-refractivity contribution is 0.441. The second kappa shape index (κ2) is 5.39. The summed E-state index contributed by atoms with van der Waals surface area (Å²) < 4.78 is 0. The van der Waals surface area contributed by atoms with Crippen LogP contribution in [0.4, 0.5) is 0 Å². The Kier molecular flexibility index (Phi) is 4.66. The molecule has 0 radical (unpaired) electrons. The van der Waals surface area contributed by atoms with E-state index in [9.17, 15) is 0 Å². The van der Waals surface area contributed by atoms with Gasteiger partial charge in [0.15, 0.2) is 0 Å². The highest BCUT2D eigenvalue weighted by Crippen LogP contribution is 2.29. The lowest BCUT2D eigenvalue weighted by Gasteiger charge is -2.27. The van der Waals surface area contributed by atoms with Crippen LogP contribution >= 0.6 is 23.2 Å². The molecule has 1 N–H and O–H groups in total. The van der Waals surface area contributed by atoms with E-state index < -0.39 is 0 Å². The van der Waals surface area contributed by atoms with Crippen molar-refractivity contribution in [1.29, 1.82) is 0 Å². The van der Waals surface area contributed by atoms with Crippen molar-refractivity contribution in [2.24, 2.45) is 0 Å². The molecule has 0 unspecified atom stereocenters. The fourth-order valence-electron chi connectivity index (χ4n) is 1.48. The van der Waals surface area contributed by atoms with Crippen LogP contribution in [0.5, 0.6) is 0 Å². The van der Waals surface area contributed by atoms with Gasteiger partial charge in [0.25, 0.3) is 0 Å². The summed E-state index contributed by atoms with van der Waals surface area (Å²) >= 11 is 11.9. The van der Waals surface area contributed by atoms with Gasteiger partial charge in [-0.15, -0.1) is 0 Å². The van der Waals surface area contributed by atoms with Crippen molar-refractivity contribution in [2.45, 2.75) is 39.2 Å². The van der Waals surface area contributed by atoms with Crippen LogP contribution in [0, 0.1) is 0 Å². The van der Waals surface area contributed by atoms with Crippen molar-refractivity contribution >= 4 is 23.2 Å². The maximum absolute atomic E-state index is 6.03. The van der Waals surface area contributed by atoms with Gasteiger partial charge in [-0.25, -0.2) is 0 Å². The summed E-state index contributed by atoms with van der Waals surface area (Å²) in [5, 5.41) is 4.67. The first-order valence-electron chi connectivity index (χ1n) is 5.52. The zero-order valence-electron chi connectivity index (χ0n) is 10.3. The molecule has 0 aliphatic carbocycles. The Morgan fingerprint density at radius 1 is 1.19 bits per heavy atom. The Hall–Kier alpha value is -0.240. The summed E-state index contributed by atoms with van der Waals surface area (Å²) in [4.78, 5) is 0. The van der Waals surface area contributed by atoms with E-state index in [1.165, 1.54) is 5.56 Å². The Bertz CT molecular complexity index is 359. The Balaban J connectivity index is 2.84. The highest BCUT2D eigenvalue weighted by Gasteiger charge is 2.21. The average molecular weight is 260 g/mol. The van der Waals surface area contributed by atoms with Crippen molar-refractivity contribution in [3.05, 3.63) is 33.8 Å². The number of benzene rings is 1. The Morgan fingerprint density at radius 2 is 1.81 bits per heavy atom. The number of hydrogen-bond donors (Lipinski definition) is 1. The molecule has 1 aromatic carbocycles. The van der Waals surface area contributed by atoms with Gasteiger partial charge in [0.1, 0.15) is 0 Å². The minimum atomic E-state index is 0.0541. The Labute approximate surface area is 108 Å². The average Bonchev–Trinajstić information content (AvgIpc) is 2.19. The summed E-state index contributed by atoms with van der Waals surface area (Å²) in [6, 6.07) is 6.33. The molecule has 0 aliphatic heterocycles. The van der Waals surface area contributed by atoms with Crippen molar-refractivity contribution in [3.8, 4) is 0 Å². The van der Waals surface area contributed by atoms with Crippen molar-refractivity contribution in [3.63, 3.8) is 0 Å². The van der Waals surface area contributed by atoms with E-state index in [4.69, 9.17) is 23.2 Å². The molecule has 1 nitrogen and oxygen atoms in total. The zero-order chi connectivity index (χ0) is 12.3. The molecule has 3 heteroatoms. The fraction of sp³-hybridized carbons (Fsp3) is 0.538. The van der Waals surface area contributed by atoms with Crippen LogP contribution in [0.3, 0.4) is 0 Å². The topological polar surface area (TPSA) is 12.0 Å². The second-order valence-corrected chi connectivity index (χ2v) is 5.86. The maximum atomic E-state index is 6.03. The highest BCUT2D eigenvalue weighted by atomic mass is 35.5. The molecule has 0 saturated carbocycles. The lowest BCUT2D eigenvalue weighted by atomic mass is 9.84. The molecule has 90 valence electrons. The predicted octanol–water partition coefficient (Wildman–Crippen LogP) is 4.27. The van der Waals surface area contributed by atoms with Crippen molar-refractivity contribution < 1.29 is 0 Å². The molecule has 0 aromatic heterocycles. The molecule has 0 heterocycles. The number of nitrogens with one attached hydrogen (secondary N) is 1. The first-order valence-corrected chi connectivity index (χ1v) is 6.27. The van der Waals surface area contributed by atoms with E-state index in [1.54, 1.807) is 0 Å². The number of rotatable bonds is 4.